The SMILES string of the molecule is CN(C(=O)C(F)(F)F)C(COC1CCC1)C(=O)O. The molecule has 0 aromatic heterocycles. The Kier molecular flexibility index (Phi) is 4.55. The van der Waals surface area contributed by atoms with Crippen LogP contribution in [0, 0.1) is 0 Å². The lowest BCUT2D eigenvalue weighted by molar-refractivity contribution is -0.190. The molecule has 1 saturated carbocycles. The van der Waals surface area contributed by atoms with Crippen molar-refractivity contribution in [3.05, 3.63) is 0 Å². The zero-order chi connectivity index (χ0) is 13.9. The number of nitrogens with zero attached hydrogens (tertiary/aromatic N) is 1. The zero-order valence-corrected chi connectivity index (χ0v) is 9.74. The average Bonchev–Trinajstić information content (AvgIpc) is 2.17. The minimum atomic E-state index is -5.08. The summed E-state index contributed by atoms with van der Waals surface area (Å²) in [5, 5.41) is 8.82. The highest BCUT2D eigenvalue weighted by molar-refractivity contribution is 5.86. The van der Waals surface area contributed by atoms with E-state index in [2.05, 4.69) is 0 Å². The lowest BCUT2D eigenvalue weighted by Crippen LogP contribution is -2.50. The van der Waals surface area contributed by atoms with Gasteiger partial charge < -0.3 is 14.7 Å². The van der Waals surface area contributed by atoms with Gasteiger partial charge in [0, 0.05) is 7.05 Å². The van der Waals surface area contributed by atoms with Gasteiger partial charge in [-0.1, -0.05) is 0 Å². The van der Waals surface area contributed by atoms with Crippen molar-refractivity contribution in [2.24, 2.45) is 0 Å². The van der Waals surface area contributed by atoms with Gasteiger partial charge >= 0.3 is 18.1 Å². The first-order valence-electron chi connectivity index (χ1n) is 5.42. The molecular formula is C10H14F3NO4. The zero-order valence-electron chi connectivity index (χ0n) is 9.74. The molecule has 0 bridgehead atoms. The van der Waals surface area contributed by atoms with E-state index >= 15 is 0 Å². The third-order valence-corrected chi connectivity index (χ3v) is 2.86. The Hall–Kier alpha value is -1.31. The van der Waals surface area contributed by atoms with E-state index in [1.807, 2.05) is 0 Å². The Morgan fingerprint density at radius 1 is 1.44 bits per heavy atom. The molecule has 5 nitrogen and oxygen atoms in total. The molecule has 1 atom stereocenters. The molecule has 1 amide bonds. The Labute approximate surface area is 102 Å². The normalized spacial score (nSPS) is 18.0. The summed E-state index contributed by atoms with van der Waals surface area (Å²) in [6, 6.07) is -1.63. The minimum absolute atomic E-state index is 0.110. The molecule has 1 unspecified atom stereocenters. The van der Waals surface area contributed by atoms with Crippen LogP contribution in [0.15, 0.2) is 0 Å². The fourth-order valence-corrected chi connectivity index (χ4v) is 1.45. The predicted octanol–water partition coefficient (Wildman–Crippen LogP) is 1.03. The van der Waals surface area contributed by atoms with Gasteiger partial charge in [0.25, 0.3) is 0 Å². The molecular weight excluding hydrogens is 255 g/mol. The Bertz CT molecular complexity index is 328. The first kappa shape index (κ1) is 14.7. The Morgan fingerprint density at radius 3 is 2.33 bits per heavy atom. The van der Waals surface area contributed by atoms with Crippen molar-refractivity contribution >= 4 is 11.9 Å². The largest absolute Gasteiger partial charge is 0.480 e. The molecule has 0 radical (unpaired) electrons. The van der Waals surface area contributed by atoms with E-state index in [4.69, 9.17) is 9.84 Å². The summed E-state index contributed by atoms with van der Waals surface area (Å²) >= 11 is 0. The van der Waals surface area contributed by atoms with E-state index in [9.17, 15) is 22.8 Å². The third kappa shape index (κ3) is 3.59. The van der Waals surface area contributed by atoms with Crippen molar-refractivity contribution in [2.45, 2.75) is 37.6 Å². The lowest BCUT2D eigenvalue weighted by Gasteiger charge is -2.30. The lowest BCUT2D eigenvalue weighted by atomic mass is 9.96. The smallest absolute Gasteiger partial charge is 0.471 e. The van der Waals surface area contributed by atoms with E-state index in [1.54, 1.807) is 0 Å². The molecule has 1 aliphatic rings. The highest BCUT2D eigenvalue weighted by Crippen LogP contribution is 2.23. The summed E-state index contributed by atoms with van der Waals surface area (Å²) in [5.41, 5.74) is 0. The van der Waals surface area contributed by atoms with E-state index in [0.717, 1.165) is 26.3 Å². The van der Waals surface area contributed by atoms with Crippen LogP contribution in [0.5, 0.6) is 0 Å². The number of carboxylic acids is 1. The number of alkyl halides is 3. The van der Waals surface area contributed by atoms with Crippen molar-refractivity contribution in [1.82, 2.24) is 4.90 Å². The molecule has 0 spiro atoms. The molecule has 1 N–H and O–H groups in total. The van der Waals surface area contributed by atoms with Crippen LogP contribution in [-0.2, 0) is 14.3 Å². The van der Waals surface area contributed by atoms with Gasteiger partial charge in [0.05, 0.1) is 12.7 Å². The summed E-state index contributed by atoms with van der Waals surface area (Å²) < 4.78 is 41.7. The van der Waals surface area contributed by atoms with Crippen molar-refractivity contribution in [3.63, 3.8) is 0 Å². The number of amides is 1. The molecule has 1 aliphatic carbocycles. The predicted molar refractivity (Wildman–Crippen MR) is 53.8 cm³/mol. The third-order valence-electron chi connectivity index (χ3n) is 2.86. The number of halogens is 3. The average molecular weight is 269 g/mol. The molecule has 0 aromatic rings. The topological polar surface area (TPSA) is 66.8 Å². The van der Waals surface area contributed by atoms with Gasteiger partial charge in [0.15, 0.2) is 6.04 Å². The van der Waals surface area contributed by atoms with Crippen LogP contribution in [-0.4, -0.2) is 53.9 Å². The monoisotopic (exact) mass is 269 g/mol. The van der Waals surface area contributed by atoms with Crippen molar-refractivity contribution in [3.8, 4) is 0 Å². The number of likely N-dealkylation sites (N-methyl/N-ethyl adjacent to an activating group) is 1. The molecule has 0 aromatic carbocycles. The molecule has 0 heterocycles. The Balaban J connectivity index is 2.59. The van der Waals surface area contributed by atoms with Gasteiger partial charge in [0.2, 0.25) is 0 Å². The van der Waals surface area contributed by atoms with Crippen LogP contribution in [0.2, 0.25) is 0 Å². The summed E-state index contributed by atoms with van der Waals surface area (Å²) in [4.78, 5) is 21.9. The first-order valence-corrected chi connectivity index (χ1v) is 5.42. The molecule has 8 heteroatoms. The van der Waals surface area contributed by atoms with Crippen molar-refractivity contribution in [1.29, 1.82) is 0 Å². The highest BCUT2D eigenvalue weighted by atomic mass is 19.4. The number of carbonyl (C=O) groups is 2. The second kappa shape index (κ2) is 5.55. The number of hydrogen-bond donors (Lipinski definition) is 1. The van der Waals surface area contributed by atoms with Gasteiger partial charge in [0.1, 0.15) is 0 Å². The summed E-state index contributed by atoms with van der Waals surface area (Å²) in [6.07, 6.45) is -2.70. The number of hydrogen-bond acceptors (Lipinski definition) is 3. The molecule has 104 valence electrons. The summed E-state index contributed by atoms with van der Waals surface area (Å²) in [6.45, 7) is -0.432. The van der Waals surface area contributed by atoms with E-state index in [1.165, 1.54) is 0 Å². The van der Waals surface area contributed by atoms with Crippen LogP contribution in [0.1, 0.15) is 19.3 Å². The van der Waals surface area contributed by atoms with Crippen LogP contribution in [0.3, 0.4) is 0 Å². The van der Waals surface area contributed by atoms with E-state index in [0.29, 0.717) is 0 Å². The van der Waals surface area contributed by atoms with Gasteiger partial charge in [-0.15, -0.1) is 0 Å². The summed E-state index contributed by atoms with van der Waals surface area (Å²) in [5.74, 6) is -3.71. The minimum Gasteiger partial charge on any atom is -0.480 e. The molecule has 1 fully saturated rings. The maximum absolute atomic E-state index is 12.2. The van der Waals surface area contributed by atoms with E-state index in [-0.39, 0.29) is 11.0 Å². The molecule has 0 aliphatic heterocycles. The molecule has 18 heavy (non-hydrogen) atoms. The standard InChI is InChI=1S/C10H14F3NO4/c1-14(9(17)10(11,12)13)7(8(15)16)5-18-6-3-2-4-6/h6-7H,2-5H2,1H3,(H,15,16). The maximum Gasteiger partial charge on any atom is 0.471 e. The number of carbonyl (C=O) groups excluding carboxylic acids is 1. The maximum atomic E-state index is 12.2. The van der Waals surface area contributed by atoms with Crippen LogP contribution in [0.4, 0.5) is 13.2 Å². The highest BCUT2D eigenvalue weighted by Gasteiger charge is 2.44. The number of carboxylic acid groups (broad SMARTS) is 1. The van der Waals surface area contributed by atoms with Gasteiger partial charge in [-0.25, -0.2) is 4.79 Å². The first-order chi connectivity index (χ1) is 8.23. The Morgan fingerprint density at radius 2 is 2.00 bits per heavy atom. The van der Waals surface area contributed by atoms with Crippen molar-refractivity contribution < 1.29 is 32.6 Å². The number of aliphatic carboxylic acids is 1. The van der Waals surface area contributed by atoms with Crippen molar-refractivity contribution in [2.75, 3.05) is 13.7 Å². The van der Waals surface area contributed by atoms with Crippen LogP contribution in [0.25, 0.3) is 0 Å². The number of ether oxygens (including phenoxy) is 1. The number of rotatable bonds is 5. The molecule has 0 saturated heterocycles. The van der Waals surface area contributed by atoms with Gasteiger partial charge in [-0.2, -0.15) is 13.2 Å². The fraction of sp³-hybridized carbons (Fsp3) is 0.800. The van der Waals surface area contributed by atoms with Crippen LogP contribution >= 0.6 is 0 Å². The molecule has 1 rings (SSSR count). The quantitative estimate of drug-likeness (QED) is 0.809. The summed E-state index contributed by atoms with van der Waals surface area (Å²) in [7, 11) is 0.804. The van der Waals surface area contributed by atoms with Gasteiger partial charge in [-0.3, -0.25) is 4.79 Å². The van der Waals surface area contributed by atoms with Crippen LogP contribution < -0.4 is 0 Å². The van der Waals surface area contributed by atoms with E-state index < -0.39 is 30.7 Å². The second-order valence-electron chi connectivity index (χ2n) is 4.15. The van der Waals surface area contributed by atoms with Gasteiger partial charge in [-0.05, 0) is 19.3 Å². The second-order valence-corrected chi connectivity index (χ2v) is 4.15. The fourth-order valence-electron chi connectivity index (χ4n) is 1.45.